The van der Waals surface area contributed by atoms with Gasteiger partial charge in [-0.05, 0) is 23.8 Å². The van der Waals surface area contributed by atoms with Crippen LogP contribution in [0.4, 0.5) is 10.1 Å². The van der Waals surface area contributed by atoms with Crippen LogP contribution in [0, 0.1) is 11.7 Å². The summed E-state index contributed by atoms with van der Waals surface area (Å²) in [5.74, 6) is -1.87. The molecule has 0 aromatic heterocycles. The molecule has 0 aliphatic carbocycles. The highest BCUT2D eigenvalue weighted by atomic mass is 32.2. The smallest absolute Gasteiger partial charge is 0.242 e. The van der Waals surface area contributed by atoms with Crippen molar-refractivity contribution in [1.29, 1.82) is 0 Å². The van der Waals surface area contributed by atoms with Crippen molar-refractivity contribution in [2.24, 2.45) is 5.92 Å². The lowest BCUT2D eigenvalue weighted by Gasteiger charge is -2.18. The minimum Gasteiger partial charge on any atom is -0.352 e. The number of sulfonamides is 1. The molecule has 9 heteroatoms. The predicted molar refractivity (Wildman–Crippen MR) is 106 cm³/mol. The molecule has 1 atom stereocenters. The second-order valence-electron chi connectivity index (χ2n) is 6.97. The molecule has 1 saturated heterocycles. The van der Waals surface area contributed by atoms with E-state index in [-0.39, 0.29) is 41.9 Å². The summed E-state index contributed by atoms with van der Waals surface area (Å²) in [5.41, 5.74) is 0.597. The quantitative estimate of drug-likeness (QED) is 0.773. The third-order valence-electron chi connectivity index (χ3n) is 4.82. The fraction of sp³-hybridized carbons (Fsp3) is 0.300. The number of anilines is 1. The summed E-state index contributed by atoms with van der Waals surface area (Å²) >= 11 is 0. The highest BCUT2D eigenvalue weighted by molar-refractivity contribution is 7.89. The Bertz CT molecular complexity index is 1040. The van der Waals surface area contributed by atoms with Crippen molar-refractivity contribution in [2.75, 3.05) is 25.5 Å². The Labute approximate surface area is 169 Å². The van der Waals surface area contributed by atoms with E-state index in [0.717, 1.165) is 4.31 Å². The number of carbonyl (C=O) groups excluding carboxylic acids is 2. The first-order chi connectivity index (χ1) is 13.7. The van der Waals surface area contributed by atoms with Crippen LogP contribution in [0.5, 0.6) is 0 Å². The lowest BCUT2D eigenvalue weighted by Crippen LogP contribution is -2.33. The van der Waals surface area contributed by atoms with Gasteiger partial charge < -0.3 is 10.2 Å². The van der Waals surface area contributed by atoms with Crippen molar-refractivity contribution < 1.29 is 22.4 Å². The highest BCUT2D eigenvalue weighted by Gasteiger charge is 2.36. The topological polar surface area (TPSA) is 86.8 Å². The Morgan fingerprint density at radius 2 is 1.83 bits per heavy atom. The molecule has 0 radical (unpaired) electrons. The number of amides is 2. The summed E-state index contributed by atoms with van der Waals surface area (Å²) < 4.78 is 40.0. The number of hydrogen-bond donors (Lipinski definition) is 1. The van der Waals surface area contributed by atoms with E-state index in [0.29, 0.717) is 5.56 Å². The standard InChI is InChI=1S/C20H22FN3O4S/c1-23(2)29(27,28)18-10-6-3-7-14(18)12-22-20(26)15-11-19(25)24(13-15)17-9-5-4-8-16(17)21/h3-10,15H,11-13H2,1-2H3,(H,22,26). The van der Waals surface area contributed by atoms with Crippen LogP contribution in [-0.2, 0) is 26.2 Å². The van der Waals surface area contributed by atoms with E-state index < -0.39 is 21.8 Å². The van der Waals surface area contributed by atoms with E-state index >= 15 is 0 Å². The maximum absolute atomic E-state index is 14.0. The zero-order valence-electron chi connectivity index (χ0n) is 16.1. The number of halogens is 1. The van der Waals surface area contributed by atoms with Crippen LogP contribution in [0.2, 0.25) is 0 Å². The summed E-state index contributed by atoms with van der Waals surface area (Å²) in [6.07, 6.45) is -0.0299. The van der Waals surface area contributed by atoms with Gasteiger partial charge in [-0.3, -0.25) is 9.59 Å². The molecule has 2 aromatic carbocycles. The number of nitrogens with one attached hydrogen (secondary N) is 1. The molecule has 1 N–H and O–H groups in total. The third kappa shape index (κ3) is 4.30. The van der Waals surface area contributed by atoms with Gasteiger partial charge in [0.25, 0.3) is 0 Å². The summed E-state index contributed by atoms with van der Waals surface area (Å²) in [7, 11) is -0.782. The minimum atomic E-state index is -3.65. The Balaban J connectivity index is 1.70. The maximum Gasteiger partial charge on any atom is 0.242 e. The van der Waals surface area contributed by atoms with Gasteiger partial charge in [-0.15, -0.1) is 0 Å². The second kappa shape index (κ2) is 8.30. The Morgan fingerprint density at radius 1 is 1.17 bits per heavy atom. The van der Waals surface area contributed by atoms with E-state index in [2.05, 4.69) is 5.32 Å². The molecule has 7 nitrogen and oxygen atoms in total. The maximum atomic E-state index is 14.0. The third-order valence-corrected chi connectivity index (χ3v) is 6.74. The first-order valence-corrected chi connectivity index (χ1v) is 10.5. The van der Waals surface area contributed by atoms with Gasteiger partial charge in [0.2, 0.25) is 21.8 Å². The van der Waals surface area contributed by atoms with Crippen LogP contribution >= 0.6 is 0 Å². The van der Waals surface area contributed by atoms with Gasteiger partial charge in [-0.1, -0.05) is 30.3 Å². The van der Waals surface area contributed by atoms with Gasteiger partial charge in [0.1, 0.15) is 5.82 Å². The largest absolute Gasteiger partial charge is 0.352 e. The van der Waals surface area contributed by atoms with Crippen molar-refractivity contribution in [3.63, 3.8) is 0 Å². The lowest BCUT2D eigenvalue weighted by atomic mass is 10.1. The molecule has 29 heavy (non-hydrogen) atoms. The van der Waals surface area contributed by atoms with E-state index in [9.17, 15) is 22.4 Å². The van der Waals surface area contributed by atoms with E-state index in [1.165, 1.54) is 43.3 Å². The molecule has 1 fully saturated rings. The molecule has 2 aromatic rings. The number of benzene rings is 2. The predicted octanol–water partition coefficient (Wildman–Crippen LogP) is 1.75. The highest BCUT2D eigenvalue weighted by Crippen LogP contribution is 2.27. The Kier molecular flexibility index (Phi) is 5.99. The van der Waals surface area contributed by atoms with Gasteiger partial charge >= 0.3 is 0 Å². The van der Waals surface area contributed by atoms with Crippen LogP contribution in [0.15, 0.2) is 53.4 Å². The second-order valence-corrected chi connectivity index (χ2v) is 9.09. The minimum absolute atomic E-state index is 0.00641. The molecular formula is C20H22FN3O4S. The van der Waals surface area contributed by atoms with Crippen LogP contribution in [0.25, 0.3) is 0 Å². The van der Waals surface area contributed by atoms with Crippen molar-refractivity contribution in [2.45, 2.75) is 17.9 Å². The normalized spacial score (nSPS) is 17.0. The summed E-state index contributed by atoms with van der Waals surface area (Å²) in [4.78, 5) is 26.2. The molecule has 3 rings (SSSR count). The van der Waals surface area contributed by atoms with E-state index in [1.54, 1.807) is 24.3 Å². The zero-order valence-corrected chi connectivity index (χ0v) is 16.9. The molecule has 0 bridgehead atoms. The van der Waals surface area contributed by atoms with E-state index in [4.69, 9.17) is 0 Å². The molecule has 1 unspecified atom stereocenters. The average Bonchev–Trinajstić information content (AvgIpc) is 3.08. The average molecular weight is 419 g/mol. The lowest BCUT2D eigenvalue weighted by molar-refractivity contribution is -0.126. The molecule has 0 spiro atoms. The molecule has 0 saturated carbocycles. The van der Waals surface area contributed by atoms with Gasteiger partial charge in [0.15, 0.2) is 0 Å². The first kappa shape index (κ1) is 20.9. The number of nitrogens with zero attached hydrogens (tertiary/aromatic N) is 2. The SMILES string of the molecule is CN(C)S(=O)(=O)c1ccccc1CNC(=O)C1CC(=O)N(c2ccccc2F)C1. The molecule has 2 amide bonds. The Hall–Kier alpha value is -2.78. The number of para-hydroxylation sites is 1. The van der Waals surface area contributed by atoms with Gasteiger partial charge in [0.05, 0.1) is 16.5 Å². The van der Waals surface area contributed by atoms with Gasteiger partial charge in [-0.25, -0.2) is 17.1 Å². The fourth-order valence-electron chi connectivity index (χ4n) is 3.21. The van der Waals surface area contributed by atoms with Crippen LogP contribution in [0.1, 0.15) is 12.0 Å². The monoisotopic (exact) mass is 419 g/mol. The van der Waals surface area contributed by atoms with Crippen molar-refractivity contribution in [3.05, 3.63) is 59.9 Å². The van der Waals surface area contributed by atoms with E-state index in [1.807, 2.05) is 0 Å². The number of rotatable bonds is 6. The molecule has 1 heterocycles. The molecule has 154 valence electrons. The van der Waals surface area contributed by atoms with Crippen molar-refractivity contribution in [3.8, 4) is 0 Å². The molecular weight excluding hydrogens is 397 g/mol. The van der Waals surface area contributed by atoms with Gasteiger partial charge in [-0.2, -0.15) is 0 Å². The van der Waals surface area contributed by atoms with Gasteiger partial charge in [0, 0.05) is 33.6 Å². The summed E-state index contributed by atoms with van der Waals surface area (Å²) in [5, 5.41) is 2.70. The van der Waals surface area contributed by atoms with Crippen LogP contribution in [0.3, 0.4) is 0 Å². The van der Waals surface area contributed by atoms with Crippen molar-refractivity contribution >= 4 is 27.5 Å². The van der Waals surface area contributed by atoms with Crippen molar-refractivity contribution in [1.82, 2.24) is 9.62 Å². The summed E-state index contributed by atoms with van der Waals surface area (Å²) in [6.45, 7) is 0.0791. The molecule has 1 aliphatic rings. The molecule has 1 aliphatic heterocycles. The van der Waals surface area contributed by atoms with Crippen LogP contribution in [-0.4, -0.2) is 45.2 Å². The number of hydrogen-bond acceptors (Lipinski definition) is 4. The number of carbonyl (C=O) groups is 2. The Morgan fingerprint density at radius 3 is 2.52 bits per heavy atom. The zero-order chi connectivity index (χ0) is 21.2. The fourth-order valence-corrected chi connectivity index (χ4v) is 4.33. The van der Waals surface area contributed by atoms with Crippen LogP contribution < -0.4 is 10.2 Å². The first-order valence-electron chi connectivity index (χ1n) is 9.05. The summed E-state index contributed by atoms with van der Waals surface area (Å²) in [6, 6.07) is 12.3.